The number of rotatable bonds is 4. The Morgan fingerprint density at radius 2 is 1.79 bits per heavy atom. The van der Waals surface area contributed by atoms with Crippen molar-refractivity contribution in [2.45, 2.75) is 57.6 Å². The van der Waals surface area contributed by atoms with Crippen molar-refractivity contribution in [1.82, 2.24) is 20.2 Å². The number of nitrogens with one attached hydrogen (secondary N) is 1. The van der Waals surface area contributed by atoms with Crippen LogP contribution in [-0.4, -0.2) is 50.9 Å². The van der Waals surface area contributed by atoms with Gasteiger partial charge in [-0.1, -0.05) is 50.4 Å². The molecule has 2 aliphatic rings. The Morgan fingerprint density at radius 1 is 1.12 bits per heavy atom. The van der Waals surface area contributed by atoms with Crippen LogP contribution in [0.15, 0.2) is 43.0 Å². The number of piperidine rings is 1. The van der Waals surface area contributed by atoms with Crippen LogP contribution in [0, 0.1) is 11.3 Å². The minimum atomic E-state index is -1.05. The van der Waals surface area contributed by atoms with Gasteiger partial charge in [-0.25, -0.2) is 9.97 Å². The van der Waals surface area contributed by atoms with E-state index in [1.165, 1.54) is 18.7 Å². The molecule has 4 rings (SSSR count). The second-order valence-corrected chi connectivity index (χ2v) is 10.3. The van der Waals surface area contributed by atoms with Gasteiger partial charge in [0, 0.05) is 42.0 Å². The third-order valence-corrected chi connectivity index (χ3v) is 7.56. The molecular formula is C25H31ClN4O3. The van der Waals surface area contributed by atoms with Gasteiger partial charge >= 0.3 is 0 Å². The molecule has 2 fully saturated rings. The molecule has 0 bridgehead atoms. The number of aliphatic hydroxyl groups is 1. The summed E-state index contributed by atoms with van der Waals surface area (Å²) in [6, 6.07) is 7.08. The zero-order chi connectivity index (χ0) is 23.6. The highest BCUT2D eigenvalue weighted by Crippen LogP contribution is 2.46. The standard InChI is InChI=1S/C25H31ClN4O3/c1-24(2)15-30(12-11-25(24,33)18-7-9-19(26)10-8-18)23(32)20-5-3-4-6-21(20)29-22(31)17-13-27-16-28-14-17/h7-10,13-14,16,20-21,33H,3-6,11-12,15H2,1-2H3,(H,29,31)/t20-,21+,25-/m0/s1. The molecule has 1 aliphatic carbocycles. The smallest absolute Gasteiger partial charge is 0.254 e. The zero-order valence-corrected chi connectivity index (χ0v) is 19.9. The molecule has 2 amide bonds. The number of amides is 2. The number of carbonyl (C=O) groups is 2. The van der Waals surface area contributed by atoms with Crippen LogP contribution < -0.4 is 5.32 Å². The fraction of sp³-hybridized carbons (Fsp3) is 0.520. The second-order valence-electron chi connectivity index (χ2n) is 9.86. The van der Waals surface area contributed by atoms with Gasteiger partial charge in [0.2, 0.25) is 5.91 Å². The Hall–Kier alpha value is -2.51. The number of likely N-dealkylation sites (tertiary alicyclic amines) is 1. The summed E-state index contributed by atoms with van der Waals surface area (Å²) < 4.78 is 0. The summed E-state index contributed by atoms with van der Waals surface area (Å²) in [5.74, 6) is -0.475. The summed E-state index contributed by atoms with van der Waals surface area (Å²) in [5, 5.41) is 15.3. The van der Waals surface area contributed by atoms with E-state index in [9.17, 15) is 14.7 Å². The summed E-state index contributed by atoms with van der Waals surface area (Å²) in [4.78, 5) is 36.0. The lowest BCUT2D eigenvalue weighted by molar-refractivity contribution is -0.158. The molecule has 1 aliphatic heterocycles. The van der Waals surface area contributed by atoms with Gasteiger partial charge in [-0.2, -0.15) is 0 Å². The van der Waals surface area contributed by atoms with Gasteiger partial charge in [-0.3, -0.25) is 9.59 Å². The zero-order valence-electron chi connectivity index (χ0n) is 19.1. The molecule has 2 N–H and O–H groups in total. The fourth-order valence-electron chi connectivity index (χ4n) is 5.27. The average Bonchev–Trinajstić information content (AvgIpc) is 2.81. The van der Waals surface area contributed by atoms with E-state index >= 15 is 0 Å². The minimum absolute atomic E-state index is 0.0514. The molecule has 8 heteroatoms. The van der Waals surface area contributed by atoms with E-state index in [1.807, 2.05) is 30.9 Å². The molecule has 2 aromatic rings. The van der Waals surface area contributed by atoms with Crippen LogP contribution >= 0.6 is 11.6 Å². The van der Waals surface area contributed by atoms with Gasteiger partial charge in [-0.15, -0.1) is 0 Å². The topological polar surface area (TPSA) is 95.4 Å². The molecule has 1 aromatic heterocycles. The van der Waals surface area contributed by atoms with E-state index in [-0.39, 0.29) is 23.8 Å². The highest BCUT2D eigenvalue weighted by atomic mass is 35.5. The van der Waals surface area contributed by atoms with Crippen LogP contribution in [0.3, 0.4) is 0 Å². The van der Waals surface area contributed by atoms with E-state index < -0.39 is 11.0 Å². The lowest BCUT2D eigenvalue weighted by Gasteiger charge is -2.51. The maximum absolute atomic E-state index is 13.6. The number of nitrogens with zero attached hydrogens (tertiary/aromatic N) is 3. The van der Waals surface area contributed by atoms with Crippen molar-refractivity contribution >= 4 is 23.4 Å². The van der Waals surface area contributed by atoms with Gasteiger partial charge in [0.25, 0.3) is 5.91 Å². The molecule has 7 nitrogen and oxygen atoms in total. The van der Waals surface area contributed by atoms with E-state index in [0.29, 0.717) is 30.1 Å². The van der Waals surface area contributed by atoms with Crippen molar-refractivity contribution < 1.29 is 14.7 Å². The van der Waals surface area contributed by atoms with Crippen molar-refractivity contribution in [3.63, 3.8) is 0 Å². The predicted octanol–water partition coefficient (Wildman–Crippen LogP) is 3.56. The van der Waals surface area contributed by atoms with Gasteiger partial charge in [-0.05, 0) is 37.0 Å². The van der Waals surface area contributed by atoms with Crippen LogP contribution in [-0.2, 0) is 10.4 Å². The van der Waals surface area contributed by atoms with Gasteiger partial charge in [0.05, 0.1) is 17.1 Å². The molecule has 0 spiro atoms. The predicted molar refractivity (Wildman–Crippen MR) is 126 cm³/mol. The summed E-state index contributed by atoms with van der Waals surface area (Å²) >= 11 is 6.04. The number of halogens is 1. The van der Waals surface area contributed by atoms with Crippen LogP contribution in [0.25, 0.3) is 0 Å². The first-order chi connectivity index (χ1) is 15.7. The van der Waals surface area contributed by atoms with E-state index in [2.05, 4.69) is 15.3 Å². The Labute approximate surface area is 199 Å². The molecule has 0 radical (unpaired) electrons. The van der Waals surface area contributed by atoms with Crippen LogP contribution in [0.1, 0.15) is 61.9 Å². The molecule has 0 unspecified atom stereocenters. The summed E-state index contributed by atoms with van der Waals surface area (Å²) in [6.07, 6.45) is 8.23. The molecule has 33 heavy (non-hydrogen) atoms. The Bertz CT molecular complexity index is 998. The molecule has 2 heterocycles. The monoisotopic (exact) mass is 470 g/mol. The van der Waals surface area contributed by atoms with Crippen molar-refractivity contribution in [1.29, 1.82) is 0 Å². The number of aromatic nitrogens is 2. The molecule has 1 saturated carbocycles. The average molecular weight is 471 g/mol. The molecule has 1 aromatic carbocycles. The first-order valence-electron chi connectivity index (χ1n) is 11.5. The lowest BCUT2D eigenvalue weighted by atomic mass is 9.66. The van der Waals surface area contributed by atoms with Crippen molar-refractivity contribution in [2.75, 3.05) is 13.1 Å². The van der Waals surface area contributed by atoms with Crippen LogP contribution in [0.5, 0.6) is 0 Å². The quantitative estimate of drug-likeness (QED) is 0.712. The van der Waals surface area contributed by atoms with E-state index in [0.717, 1.165) is 31.2 Å². The maximum Gasteiger partial charge on any atom is 0.254 e. The SMILES string of the molecule is CC1(C)CN(C(=O)[C@H]2CCCC[C@H]2NC(=O)c2cncnc2)CC[C@]1(O)c1ccc(Cl)cc1. The van der Waals surface area contributed by atoms with Crippen LogP contribution in [0.2, 0.25) is 5.02 Å². The Morgan fingerprint density at radius 3 is 2.45 bits per heavy atom. The van der Waals surface area contributed by atoms with Gasteiger partial charge in [0.1, 0.15) is 6.33 Å². The number of benzene rings is 1. The van der Waals surface area contributed by atoms with Gasteiger partial charge < -0.3 is 15.3 Å². The third-order valence-electron chi connectivity index (χ3n) is 7.31. The number of hydrogen-bond donors (Lipinski definition) is 2. The summed E-state index contributed by atoms with van der Waals surface area (Å²) in [7, 11) is 0. The second kappa shape index (κ2) is 9.39. The largest absolute Gasteiger partial charge is 0.384 e. The minimum Gasteiger partial charge on any atom is -0.384 e. The Balaban J connectivity index is 1.48. The maximum atomic E-state index is 13.6. The molecule has 3 atom stereocenters. The van der Waals surface area contributed by atoms with Crippen molar-refractivity contribution in [3.8, 4) is 0 Å². The fourth-order valence-corrected chi connectivity index (χ4v) is 5.40. The van der Waals surface area contributed by atoms with E-state index in [4.69, 9.17) is 11.6 Å². The summed E-state index contributed by atoms with van der Waals surface area (Å²) in [6.45, 7) is 4.90. The molecular weight excluding hydrogens is 440 g/mol. The normalized spacial score (nSPS) is 27.1. The molecule has 1 saturated heterocycles. The van der Waals surface area contributed by atoms with Crippen LogP contribution in [0.4, 0.5) is 0 Å². The van der Waals surface area contributed by atoms with Crippen molar-refractivity contribution in [3.05, 3.63) is 59.1 Å². The van der Waals surface area contributed by atoms with E-state index in [1.54, 1.807) is 12.1 Å². The Kier molecular flexibility index (Phi) is 6.73. The molecule has 176 valence electrons. The number of carbonyl (C=O) groups excluding carboxylic acids is 2. The first-order valence-corrected chi connectivity index (χ1v) is 11.9. The first kappa shape index (κ1) is 23.6. The third kappa shape index (κ3) is 4.75. The highest BCUT2D eigenvalue weighted by molar-refractivity contribution is 6.30. The van der Waals surface area contributed by atoms with Crippen molar-refractivity contribution in [2.24, 2.45) is 11.3 Å². The van der Waals surface area contributed by atoms with Gasteiger partial charge in [0.15, 0.2) is 0 Å². The number of hydrogen-bond acceptors (Lipinski definition) is 5. The summed E-state index contributed by atoms with van der Waals surface area (Å²) in [5.41, 5.74) is -0.399. The lowest BCUT2D eigenvalue weighted by Crippen LogP contribution is -2.59. The highest BCUT2D eigenvalue weighted by Gasteiger charge is 2.50.